The Labute approximate surface area is 110 Å². The second kappa shape index (κ2) is 6.45. The van der Waals surface area contributed by atoms with Crippen molar-refractivity contribution in [3.05, 3.63) is 41.2 Å². The molecule has 0 aromatic heterocycles. The zero-order valence-electron chi connectivity index (χ0n) is 10.3. The Morgan fingerprint density at radius 1 is 1.58 bits per heavy atom. The lowest BCUT2D eigenvalue weighted by Gasteiger charge is -2.11. The maximum absolute atomic E-state index is 13.2. The number of ether oxygens (including phenoxy) is 2. The van der Waals surface area contributed by atoms with Crippen LogP contribution in [0, 0.1) is 5.82 Å². The third kappa shape index (κ3) is 4.15. The van der Waals surface area contributed by atoms with Gasteiger partial charge in [-0.3, -0.25) is 0 Å². The van der Waals surface area contributed by atoms with E-state index in [1.54, 1.807) is 6.07 Å². The zero-order valence-corrected chi connectivity index (χ0v) is 10.3. The first-order valence-electron chi connectivity index (χ1n) is 6.04. The van der Waals surface area contributed by atoms with Crippen molar-refractivity contribution in [3.63, 3.8) is 0 Å². The van der Waals surface area contributed by atoms with E-state index in [-0.39, 0.29) is 6.10 Å². The van der Waals surface area contributed by atoms with Crippen LogP contribution in [0.15, 0.2) is 24.3 Å². The van der Waals surface area contributed by atoms with Gasteiger partial charge in [-0.25, -0.2) is 9.18 Å². The summed E-state index contributed by atoms with van der Waals surface area (Å²) in [5.41, 5.74) is 1.27. The van der Waals surface area contributed by atoms with Gasteiger partial charge in [0.2, 0.25) is 0 Å². The second-order valence-electron chi connectivity index (χ2n) is 4.31. The van der Waals surface area contributed by atoms with Gasteiger partial charge >= 0.3 is 5.97 Å². The quantitative estimate of drug-likeness (QED) is 0.830. The first-order valence-corrected chi connectivity index (χ1v) is 6.04. The Balaban J connectivity index is 2.07. The van der Waals surface area contributed by atoms with Crippen molar-refractivity contribution in [1.82, 2.24) is 0 Å². The molecule has 0 saturated carbocycles. The van der Waals surface area contributed by atoms with Crippen LogP contribution in [-0.2, 0) is 20.9 Å². The number of carboxylic acids is 1. The molecular formula is C14H15FO4. The van der Waals surface area contributed by atoms with E-state index >= 15 is 0 Å². The molecule has 0 radical (unpaired) electrons. The van der Waals surface area contributed by atoms with E-state index in [4.69, 9.17) is 14.6 Å². The minimum absolute atomic E-state index is 0.0568. The molecule has 102 valence electrons. The molecule has 1 atom stereocenters. The highest BCUT2D eigenvalue weighted by Crippen LogP contribution is 2.17. The van der Waals surface area contributed by atoms with Crippen LogP contribution in [0.4, 0.5) is 4.39 Å². The highest BCUT2D eigenvalue weighted by molar-refractivity contribution is 5.85. The number of benzene rings is 1. The van der Waals surface area contributed by atoms with Crippen LogP contribution in [0.1, 0.15) is 17.5 Å². The van der Waals surface area contributed by atoms with Gasteiger partial charge in [0.05, 0.1) is 19.3 Å². The fraction of sp³-hybridized carbons (Fsp3) is 0.357. The first-order chi connectivity index (χ1) is 9.15. The van der Waals surface area contributed by atoms with Gasteiger partial charge in [-0.15, -0.1) is 0 Å². The summed E-state index contributed by atoms with van der Waals surface area (Å²) in [4.78, 5) is 10.5. The van der Waals surface area contributed by atoms with Gasteiger partial charge in [-0.2, -0.15) is 0 Å². The van der Waals surface area contributed by atoms with Crippen LogP contribution in [0.25, 0.3) is 6.08 Å². The van der Waals surface area contributed by atoms with Crippen molar-refractivity contribution in [2.24, 2.45) is 0 Å². The maximum atomic E-state index is 13.2. The number of hydrogen-bond acceptors (Lipinski definition) is 3. The van der Waals surface area contributed by atoms with Gasteiger partial charge in [0, 0.05) is 12.7 Å². The van der Waals surface area contributed by atoms with E-state index in [1.807, 2.05) is 0 Å². The second-order valence-corrected chi connectivity index (χ2v) is 4.31. The summed E-state index contributed by atoms with van der Waals surface area (Å²) < 4.78 is 24.0. The number of carboxylic acid groups (broad SMARTS) is 1. The van der Waals surface area contributed by atoms with Crippen LogP contribution in [0.5, 0.6) is 0 Å². The van der Waals surface area contributed by atoms with Crippen LogP contribution in [0.3, 0.4) is 0 Å². The predicted octanol–water partition coefficient (Wildman–Crippen LogP) is 2.23. The number of rotatable bonds is 5. The van der Waals surface area contributed by atoms with Crippen molar-refractivity contribution in [3.8, 4) is 0 Å². The van der Waals surface area contributed by atoms with Gasteiger partial charge in [-0.1, -0.05) is 6.07 Å². The fourth-order valence-electron chi connectivity index (χ4n) is 1.87. The monoisotopic (exact) mass is 266 g/mol. The minimum atomic E-state index is -1.07. The fourth-order valence-corrected chi connectivity index (χ4v) is 1.87. The summed E-state index contributed by atoms with van der Waals surface area (Å²) in [5.74, 6) is -1.47. The average Bonchev–Trinajstić information content (AvgIpc) is 2.88. The molecule has 1 aliphatic heterocycles. The van der Waals surface area contributed by atoms with Crippen LogP contribution in [-0.4, -0.2) is 30.4 Å². The highest BCUT2D eigenvalue weighted by Gasteiger charge is 2.16. The van der Waals surface area contributed by atoms with Crippen molar-refractivity contribution < 1.29 is 23.8 Å². The number of aliphatic carboxylic acids is 1. The third-order valence-corrected chi connectivity index (χ3v) is 2.88. The Kier molecular flexibility index (Phi) is 4.65. The molecule has 2 rings (SSSR count). The summed E-state index contributed by atoms with van der Waals surface area (Å²) in [6.07, 6.45) is 3.26. The summed E-state index contributed by atoms with van der Waals surface area (Å²) in [6.45, 7) is 1.58. The SMILES string of the molecule is O=C(O)/C=C/c1cc(F)ccc1COC1CCOC1. The summed E-state index contributed by atoms with van der Waals surface area (Å²) in [6, 6.07) is 4.23. The Morgan fingerprint density at radius 2 is 2.42 bits per heavy atom. The third-order valence-electron chi connectivity index (χ3n) is 2.88. The molecule has 1 saturated heterocycles. The molecule has 1 aliphatic rings. The van der Waals surface area contributed by atoms with E-state index in [1.165, 1.54) is 18.2 Å². The van der Waals surface area contributed by atoms with Gasteiger partial charge < -0.3 is 14.6 Å². The standard InChI is InChI=1S/C14H15FO4/c15-12-3-1-11(8-19-13-5-6-18-9-13)10(7-12)2-4-14(16)17/h1-4,7,13H,5-6,8-9H2,(H,16,17)/b4-2+. The Morgan fingerprint density at radius 3 is 3.11 bits per heavy atom. The number of carbonyl (C=O) groups is 1. The molecular weight excluding hydrogens is 251 g/mol. The molecule has 4 nitrogen and oxygen atoms in total. The van der Waals surface area contributed by atoms with E-state index in [9.17, 15) is 9.18 Å². The maximum Gasteiger partial charge on any atom is 0.328 e. The van der Waals surface area contributed by atoms with Gasteiger partial charge in [0.1, 0.15) is 5.82 Å². The number of halogens is 1. The average molecular weight is 266 g/mol. The van der Waals surface area contributed by atoms with Crippen molar-refractivity contribution in [1.29, 1.82) is 0 Å². The molecule has 0 aliphatic carbocycles. The molecule has 19 heavy (non-hydrogen) atoms. The minimum Gasteiger partial charge on any atom is -0.478 e. The van der Waals surface area contributed by atoms with Gasteiger partial charge in [0.25, 0.3) is 0 Å². The summed E-state index contributed by atoms with van der Waals surface area (Å²) >= 11 is 0. The lowest BCUT2D eigenvalue weighted by atomic mass is 10.1. The molecule has 1 aromatic rings. The van der Waals surface area contributed by atoms with Crippen molar-refractivity contribution in [2.75, 3.05) is 13.2 Å². The van der Waals surface area contributed by atoms with Crippen molar-refractivity contribution >= 4 is 12.0 Å². The lowest BCUT2D eigenvalue weighted by Crippen LogP contribution is -2.12. The molecule has 1 fully saturated rings. The summed E-state index contributed by atoms with van der Waals surface area (Å²) in [5, 5.41) is 8.61. The Hall–Kier alpha value is -1.72. The molecule has 1 heterocycles. The molecule has 0 spiro atoms. The van der Waals surface area contributed by atoms with E-state index < -0.39 is 11.8 Å². The van der Waals surface area contributed by atoms with Crippen LogP contribution >= 0.6 is 0 Å². The topological polar surface area (TPSA) is 55.8 Å². The predicted molar refractivity (Wildman–Crippen MR) is 67.1 cm³/mol. The van der Waals surface area contributed by atoms with Gasteiger partial charge in [-0.05, 0) is 35.8 Å². The summed E-state index contributed by atoms with van der Waals surface area (Å²) in [7, 11) is 0. The molecule has 0 amide bonds. The molecule has 1 N–H and O–H groups in total. The molecule has 1 unspecified atom stereocenters. The van der Waals surface area contributed by atoms with E-state index in [0.717, 1.165) is 18.1 Å². The first kappa shape index (κ1) is 13.7. The van der Waals surface area contributed by atoms with Gasteiger partial charge in [0.15, 0.2) is 0 Å². The normalized spacial score (nSPS) is 19.1. The van der Waals surface area contributed by atoms with Crippen LogP contribution in [0.2, 0.25) is 0 Å². The molecule has 0 bridgehead atoms. The smallest absolute Gasteiger partial charge is 0.328 e. The molecule has 5 heteroatoms. The highest BCUT2D eigenvalue weighted by atomic mass is 19.1. The lowest BCUT2D eigenvalue weighted by molar-refractivity contribution is -0.131. The van der Waals surface area contributed by atoms with Crippen LogP contribution < -0.4 is 0 Å². The number of hydrogen-bond donors (Lipinski definition) is 1. The van der Waals surface area contributed by atoms with E-state index in [0.29, 0.717) is 25.4 Å². The molecule has 1 aromatic carbocycles. The van der Waals surface area contributed by atoms with E-state index in [2.05, 4.69) is 0 Å². The Bertz CT molecular complexity index is 478. The largest absolute Gasteiger partial charge is 0.478 e. The zero-order chi connectivity index (χ0) is 13.7. The van der Waals surface area contributed by atoms with Crippen molar-refractivity contribution in [2.45, 2.75) is 19.1 Å².